The van der Waals surface area contributed by atoms with E-state index in [0.29, 0.717) is 28.3 Å². The van der Waals surface area contributed by atoms with Crippen molar-refractivity contribution in [1.82, 2.24) is 14.9 Å². The van der Waals surface area contributed by atoms with Gasteiger partial charge in [0.15, 0.2) is 0 Å². The second kappa shape index (κ2) is 13.6. The maximum absolute atomic E-state index is 14.3. The summed E-state index contributed by atoms with van der Waals surface area (Å²) in [6.07, 6.45) is -5.41. The van der Waals surface area contributed by atoms with Crippen molar-refractivity contribution in [3.05, 3.63) is 94.6 Å². The molecule has 0 saturated carbocycles. The number of rotatable bonds is 8. The molecule has 0 bridgehead atoms. The highest BCUT2D eigenvalue weighted by Crippen LogP contribution is 2.41. The number of methoxy groups -OCH3 is 1. The number of carbonyl (C=O) groups excluding carboxylic acids is 2. The molecule has 6 rings (SSSR count). The number of nitrogens with zero attached hydrogens (tertiary/aromatic N) is 4. The quantitative estimate of drug-likeness (QED) is 0.131. The molecule has 1 amide bonds. The van der Waals surface area contributed by atoms with Crippen LogP contribution in [0.2, 0.25) is 0 Å². The second-order valence-corrected chi connectivity index (χ2v) is 14.1. The lowest BCUT2D eigenvalue weighted by Crippen LogP contribution is -2.56. The summed E-state index contributed by atoms with van der Waals surface area (Å²) in [5.41, 5.74) is 1.45. The Morgan fingerprint density at radius 2 is 1.70 bits per heavy atom. The van der Waals surface area contributed by atoms with E-state index in [9.17, 15) is 35.9 Å². The van der Waals surface area contributed by atoms with Gasteiger partial charge in [0.1, 0.15) is 23.3 Å². The number of aryl methyl sites for hydroxylation is 1. The fraction of sp³-hybridized carbons (Fsp3) is 0.368. The number of cyclic esters (lactones) is 1. The molecule has 15 heteroatoms. The topological polar surface area (TPSA) is 94.1 Å². The molecule has 2 saturated heterocycles. The van der Waals surface area contributed by atoms with Crippen LogP contribution in [-0.4, -0.2) is 64.7 Å². The number of alkyl halides is 5. The van der Waals surface area contributed by atoms with Gasteiger partial charge in [0.05, 0.1) is 49.6 Å². The van der Waals surface area contributed by atoms with E-state index in [0.717, 1.165) is 23.3 Å². The number of halogens is 6. The van der Waals surface area contributed by atoms with Crippen molar-refractivity contribution < 1.29 is 50.1 Å². The molecule has 9 nitrogen and oxygen atoms in total. The lowest BCUT2D eigenvalue weighted by molar-refractivity contribution is -0.137. The van der Waals surface area contributed by atoms with Gasteiger partial charge in [-0.25, -0.2) is 32.7 Å². The van der Waals surface area contributed by atoms with Crippen molar-refractivity contribution in [3.8, 4) is 28.1 Å². The van der Waals surface area contributed by atoms with Crippen LogP contribution in [-0.2, 0) is 22.2 Å². The molecule has 0 N–H and O–H groups in total. The Balaban J connectivity index is 1.38. The molecule has 0 unspecified atom stereocenters. The highest BCUT2D eigenvalue weighted by atomic mass is 19.4. The number of carbonyl (C=O) groups is 2. The van der Waals surface area contributed by atoms with E-state index in [1.807, 2.05) is 6.92 Å². The standard InChI is InChI=1S/C38H36F6N4O5/c1-20-11-22(34(49)53-36(3,4)5)7-8-27(20)24-14-29(33(51-6)45-16-24)28-9-10-31(47-18-37(40,41)19-47)46-30(28)17-48-21(2)32(52-35(48)50)23-12-25(38(42,43)44)15-26(39)13-23/h7-16,21,32H,17-19H2,1-6H3/t21-,32-/m0/s1. The fourth-order valence-corrected chi connectivity index (χ4v) is 6.37. The molecule has 2 aromatic carbocycles. The van der Waals surface area contributed by atoms with Crippen LogP contribution in [0.5, 0.6) is 5.88 Å². The minimum atomic E-state index is -4.84. The highest BCUT2D eigenvalue weighted by Gasteiger charge is 2.45. The third-order valence-electron chi connectivity index (χ3n) is 8.92. The van der Waals surface area contributed by atoms with Crippen LogP contribution in [0.3, 0.4) is 0 Å². The Morgan fingerprint density at radius 1 is 1.00 bits per heavy atom. The molecule has 2 atom stereocenters. The molecule has 0 spiro atoms. The van der Waals surface area contributed by atoms with Crippen LogP contribution in [0.25, 0.3) is 22.3 Å². The number of aromatic nitrogens is 2. The summed E-state index contributed by atoms with van der Waals surface area (Å²) in [7, 11) is 1.41. The summed E-state index contributed by atoms with van der Waals surface area (Å²) in [5, 5.41) is 0. The zero-order chi connectivity index (χ0) is 38.6. The molecule has 0 radical (unpaired) electrons. The van der Waals surface area contributed by atoms with Crippen molar-refractivity contribution in [2.75, 3.05) is 25.1 Å². The zero-order valence-corrected chi connectivity index (χ0v) is 29.6. The third kappa shape index (κ3) is 7.88. The van der Waals surface area contributed by atoms with Gasteiger partial charge in [0, 0.05) is 22.9 Å². The third-order valence-corrected chi connectivity index (χ3v) is 8.92. The first-order chi connectivity index (χ1) is 24.7. The monoisotopic (exact) mass is 742 g/mol. The maximum atomic E-state index is 14.3. The lowest BCUT2D eigenvalue weighted by atomic mass is 9.96. The molecule has 53 heavy (non-hydrogen) atoms. The van der Waals surface area contributed by atoms with E-state index in [2.05, 4.69) is 9.97 Å². The average Bonchev–Trinajstić information content (AvgIpc) is 3.34. The molecule has 4 heterocycles. The number of hydrogen-bond acceptors (Lipinski definition) is 8. The first-order valence-corrected chi connectivity index (χ1v) is 16.6. The molecule has 0 aliphatic carbocycles. The minimum Gasteiger partial charge on any atom is -0.481 e. The first-order valence-electron chi connectivity index (χ1n) is 16.6. The van der Waals surface area contributed by atoms with E-state index >= 15 is 0 Å². The van der Waals surface area contributed by atoms with Crippen LogP contribution >= 0.6 is 0 Å². The number of hydrogen-bond donors (Lipinski definition) is 0. The first kappa shape index (κ1) is 37.4. The van der Waals surface area contributed by atoms with Gasteiger partial charge in [-0.15, -0.1) is 0 Å². The Morgan fingerprint density at radius 3 is 2.32 bits per heavy atom. The molecular formula is C38H36F6N4O5. The Labute approximate surface area is 301 Å². The van der Waals surface area contributed by atoms with E-state index < -0.39 is 66.4 Å². The predicted molar refractivity (Wildman–Crippen MR) is 182 cm³/mol. The normalized spacial score (nSPS) is 18.5. The number of amides is 1. The number of esters is 1. The van der Waals surface area contributed by atoms with Crippen molar-refractivity contribution in [3.63, 3.8) is 0 Å². The van der Waals surface area contributed by atoms with Crippen LogP contribution in [0.15, 0.2) is 60.8 Å². The second-order valence-electron chi connectivity index (χ2n) is 14.1. The maximum Gasteiger partial charge on any atom is 0.416 e. The van der Waals surface area contributed by atoms with Gasteiger partial charge in [0.2, 0.25) is 5.88 Å². The van der Waals surface area contributed by atoms with Crippen molar-refractivity contribution >= 4 is 17.9 Å². The van der Waals surface area contributed by atoms with Gasteiger partial charge < -0.3 is 19.1 Å². The van der Waals surface area contributed by atoms with E-state index in [1.54, 1.807) is 70.3 Å². The van der Waals surface area contributed by atoms with Gasteiger partial charge in [-0.05, 0) is 99.8 Å². The van der Waals surface area contributed by atoms with Crippen molar-refractivity contribution in [2.24, 2.45) is 0 Å². The van der Waals surface area contributed by atoms with E-state index in [-0.39, 0.29) is 29.5 Å². The van der Waals surface area contributed by atoms with Gasteiger partial charge in [-0.1, -0.05) is 6.07 Å². The van der Waals surface area contributed by atoms with Crippen LogP contribution in [0.1, 0.15) is 66.5 Å². The molecule has 2 aromatic heterocycles. The number of benzene rings is 2. The highest BCUT2D eigenvalue weighted by molar-refractivity contribution is 5.91. The number of ether oxygens (including phenoxy) is 3. The molecule has 2 fully saturated rings. The fourth-order valence-electron chi connectivity index (χ4n) is 6.37. The molecule has 2 aliphatic rings. The van der Waals surface area contributed by atoms with Crippen LogP contribution < -0.4 is 9.64 Å². The van der Waals surface area contributed by atoms with E-state index in [4.69, 9.17) is 14.2 Å². The zero-order valence-electron chi connectivity index (χ0n) is 29.6. The summed E-state index contributed by atoms with van der Waals surface area (Å²) in [5.74, 6) is -4.14. The number of anilines is 1. The Hall–Kier alpha value is -5.34. The Kier molecular flexibility index (Phi) is 9.58. The summed E-state index contributed by atoms with van der Waals surface area (Å²) in [4.78, 5) is 37.8. The summed E-state index contributed by atoms with van der Waals surface area (Å²) < 4.78 is 99.2. The van der Waals surface area contributed by atoms with Crippen LogP contribution in [0, 0.1) is 12.7 Å². The summed E-state index contributed by atoms with van der Waals surface area (Å²) >= 11 is 0. The smallest absolute Gasteiger partial charge is 0.416 e. The molecule has 280 valence electrons. The Bertz CT molecular complexity index is 2080. The van der Waals surface area contributed by atoms with Gasteiger partial charge in [-0.2, -0.15) is 13.2 Å². The molecule has 2 aliphatic heterocycles. The van der Waals surface area contributed by atoms with Gasteiger partial charge >= 0.3 is 18.2 Å². The number of pyridine rings is 2. The summed E-state index contributed by atoms with van der Waals surface area (Å²) in [6, 6.07) is 11.1. The predicted octanol–water partition coefficient (Wildman–Crippen LogP) is 8.78. The molecular weight excluding hydrogens is 706 g/mol. The largest absolute Gasteiger partial charge is 0.481 e. The van der Waals surface area contributed by atoms with Crippen molar-refractivity contribution in [1.29, 1.82) is 0 Å². The van der Waals surface area contributed by atoms with Crippen LogP contribution in [0.4, 0.5) is 37.0 Å². The van der Waals surface area contributed by atoms with Crippen molar-refractivity contribution in [2.45, 2.75) is 71.0 Å². The SMILES string of the molecule is COc1ncc(-c2ccc(C(=O)OC(C)(C)C)cc2C)cc1-c1ccc(N2CC(F)(F)C2)nc1CN1C(=O)O[C@H](c2cc(F)cc(C(F)(F)F)c2)[C@@H]1C. The van der Waals surface area contributed by atoms with E-state index in [1.165, 1.54) is 16.9 Å². The summed E-state index contributed by atoms with van der Waals surface area (Å²) in [6.45, 7) is 7.29. The molecule has 4 aromatic rings. The average molecular weight is 743 g/mol. The lowest BCUT2D eigenvalue weighted by Gasteiger charge is -2.39. The van der Waals surface area contributed by atoms with Gasteiger partial charge in [0.25, 0.3) is 5.92 Å². The van der Waals surface area contributed by atoms with Gasteiger partial charge in [-0.3, -0.25) is 4.90 Å². The minimum absolute atomic E-state index is 0.178.